The highest BCUT2D eigenvalue weighted by Gasteiger charge is 2.24. The van der Waals surface area contributed by atoms with E-state index in [1.165, 1.54) is 20.0 Å². The van der Waals surface area contributed by atoms with Crippen LogP contribution in [0.5, 0.6) is 0 Å². The smallest absolute Gasteiger partial charge is 0.222 e. The number of hydrogen-bond donors (Lipinski definition) is 2. The van der Waals surface area contributed by atoms with Crippen LogP contribution in [0.15, 0.2) is 17.4 Å². The van der Waals surface area contributed by atoms with Crippen molar-refractivity contribution in [1.29, 1.82) is 5.41 Å². The van der Waals surface area contributed by atoms with Gasteiger partial charge in [-0.05, 0) is 12.8 Å². The van der Waals surface area contributed by atoms with Crippen molar-refractivity contribution < 1.29 is 4.74 Å². The van der Waals surface area contributed by atoms with Crippen LogP contribution in [0.2, 0.25) is 0 Å². The van der Waals surface area contributed by atoms with Crippen molar-refractivity contribution in [3.05, 3.63) is 12.4 Å². The summed E-state index contributed by atoms with van der Waals surface area (Å²) in [7, 11) is 1.53. The summed E-state index contributed by atoms with van der Waals surface area (Å²) in [6, 6.07) is 0.550. The fraction of sp³-hybridized carbons (Fsp3) is 0.500. The van der Waals surface area contributed by atoms with Crippen LogP contribution in [0, 0.1) is 5.41 Å². The molecule has 6 nitrogen and oxygen atoms in total. The molecule has 1 aromatic rings. The number of nitrogens with one attached hydrogen (secondary N) is 2. The minimum atomic E-state index is 0.0506. The van der Waals surface area contributed by atoms with E-state index in [1.807, 2.05) is 10.9 Å². The molecule has 16 heavy (non-hydrogen) atoms. The van der Waals surface area contributed by atoms with Crippen molar-refractivity contribution in [3.8, 4) is 0 Å². The zero-order valence-corrected chi connectivity index (χ0v) is 9.40. The highest BCUT2D eigenvalue weighted by Crippen LogP contribution is 2.34. The van der Waals surface area contributed by atoms with Crippen LogP contribution in [-0.4, -0.2) is 28.7 Å². The fourth-order valence-electron chi connectivity index (χ4n) is 1.31. The normalized spacial score (nSPS) is 16.0. The van der Waals surface area contributed by atoms with Crippen LogP contribution in [-0.2, 0) is 4.74 Å². The van der Waals surface area contributed by atoms with Crippen LogP contribution in [0.3, 0.4) is 0 Å². The Kier molecular flexibility index (Phi) is 2.89. The molecule has 0 amide bonds. The van der Waals surface area contributed by atoms with Gasteiger partial charge in [0.2, 0.25) is 5.96 Å². The van der Waals surface area contributed by atoms with E-state index in [-0.39, 0.29) is 5.96 Å². The molecule has 6 heteroatoms. The molecular formula is C10H15N5O. The average Bonchev–Trinajstić information content (AvgIpc) is 3.00. The third-order valence-electron chi connectivity index (χ3n) is 2.35. The van der Waals surface area contributed by atoms with Crippen molar-refractivity contribution >= 4 is 17.5 Å². The molecule has 0 bridgehead atoms. The summed E-state index contributed by atoms with van der Waals surface area (Å²) in [5.74, 6) is 0.502. The molecule has 86 valence electrons. The van der Waals surface area contributed by atoms with E-state index < -0.39 is 0 Å². The molecule has 0 atom stereocenters. The van der Waals surface area contributed by atoms with Gasteiger partial charge >= 0.3 is 0 Å². The monoisotopic (exact) mass is 221 g/mol. The molecular weight excluding hydrogens is 206 g/mol. The highest BCUT2D eigenvalue weighted by atomic mass is 16.5. The minimum Gasteiger partial charge on any atom is -0.484 e. The van der Waals surface area contributed by atoms with Crippen LogP contribution in [0.1, 0.15) is 25.8 Å². The maximum absolute atomic E-state index is 7.58. The first-order valence-corrected chi connectivity index (χ1v) is 5.18. The Hall–Kier alpha value is -1.85. The third kappa shape index (κ3) is 2.59. The summed E-state index contributed by atoms with van der Waals surface area (Å²) in [5, 5.41) is 14.6. The molecule has 1 fully saturated rings. The molecule has 0 unspecified atom stereocenters. The van der Waals surface area contributed by atoms with Gasteiger partial charge in [-0.3, -0.25) is 10.1 Å². The molecule has 2 N–H and O–H groups in total. The van der Waals surface area contributed by atoms with E-state index in [2.05, 4.69) is 15.4 Å². The topological polar surface area (TPSA) is 75.3 Å². The molecule has 0 spiro atoms. The third-order valence-corrected chi connectivity index (χ3v) is 2.35. The number of rotatable bonds is 2. The first-order valence-electron chi connectivity index (χ1n) is 5.18. The van der Waals surface area contributed by atoms with E-state index in [0.717, 1.165) is 5.69 Å². The lowest BCUT2D eigenvalue weighted by Crippen LogP contribution is -2.10. The number of aliphatic imine (C=N–C) groups is 1. The van der Waals surface area contributed by atoms with Gasteiger partial charge in [-0.1, -0.05) is 0 Å². The Labute approximate surface area is 93.8 Å². The SMILES string of the molecule is CO/C(C)=N/C(=N)Nc1cnn(C2CC2)c1. The molecule has 0 aliphatic heterocycles. The van der Waals surface area contributed by atoms with E-state index in [4.69, 9.17) is 10.1 Å². The molecule has 0 saturated heterocycles. The fourth-order valence-corrected chi connectivity index (χ4v) is 1.31. The summed E-state index contributed by atoms with van der Waals surface area (Å²) < 4.78 is 6.78. The van der Waals surface area contributed by atoms with Gasteiger partial charge in [0.05, 0.1) is 25.0 Å². The number of nitrogens with zero attached hydrogens (tertiary/aromatic N) is 3. The number of ether oxygens (including phenoxy) is 1. The zero-order chi connectivity index (χ0) is 11.5. The van der Waals surface area contributed by atoms with Crippen molar-refractivity contribution in [2.45, 2.75) is 25.8 Å². The predicted molar refractivity (Wildman–Crippen MR) is 62.0 cm³/mol. The molecule has 1 heterocycles. The largest absolute Gasteiger partial charge is 0.484 e. The van der Waals surface area contributed by atoms with Crippen molar-refractivity contribution in [1.82, 2.24) is 9.78 Å². The summed E-state index contributed by atoms with van der Waals surface area (Å²) in [4.78, 5) is 3.89. The van der Waals surface area contributed by atoms with Gasteiger partial charge in [0.1, 0.15) is 0 Å². The second-order valence-electron chi connectivity index (χ2n) is 3.75. The average molecular weight is 221 g/mol. The first-order chi connectivity index (χ1) is 7.69. The predicted octanol–water partition coefficient (Wildman–Crippen LogP) is 1.63. The summed E-state index contributed by atoms with van der Waals surface area (Å²) >= 11 is 0. The standard InChI is InChI=1S/C10H15N5O/c1-7(16-2)13-10(11)14-8-5-12-15(6-8)9-3-4-9/h5-6,9H,3-4H2,1-2H3,(H2,11,14)/b13-7+. The number of anilines is 1. The Bertz CT molecular complexity index is 419. The molecule has 2 rings (SSSR count). The first kappa shape index (κ1) is 10.7. The van der Waals surface area contributed by atoms with E-state index in [1.54, 1.807) is 13.1 Å². The quantitative estimate of drug-likeness (QED) is 0.588. The summed E-state index contributed by atoms with van der Waals surface area (Å²) in [6.45, 7) is 1.70. The van der Waals surface area contributed by atoms with E-state index in [0.29, 0.717) is 11.9 Å². The van der Waals surface area contributed by atoms with E-state index in [9.17, 15) is 0 Å². The maximum Gasteiger partial charge on any atom is 0.222 e. The zero-order valence-electron chi connectivity index (χ0n) is 9.40. The van der Waals surface area contributed by atoms with Crippen LogP contribution in [0.4, 0.5) is 5.69 Å². The summed E-state index contributed by atoms with van der Waals surface area (Å²) in [5.41, 5.74) is 0.782. The van der Waals surface area contributed by atoms with Crippen molar-refractivity contribution in [2.75, 3.05) is 12.4 Å². The number of methoxy groups -OCH3 is 1. The molecule has 1 aliphatic carbocycles. The molecule has 0 radical (unpaired) electrons. The summed E-state index contributed by atoms with van der Waals surface area (Å²) in [6.07, 6.45) is 5.98. The second kappa shape index (κ2) is 4.34. The van der Waals surface area contributed by atoms with Gasteiger partial charge in [-0.2, -0.15) is 10.1 Å². The molecule has 1 saturated carbocycles. The Morgan fingerprint density at radius 1 is 1.69 bits per heavy atom. The molecule has 1 aromatic heterocycles. The molecule has 1 aliphatic rings. The van der Waals surface area contributed by atoms with Crippen molar-refractivity contribution in [3.63, 3.8) is 0 Å². The molecule has 0 aromatic carbocycles. The Morgan fingerprint density at radius 2 is 2.44 bits per heavy atom. The van der Waals surface area contributed by atoms with E-state index >= 15 is 0 Å². The minimum absolute atomic E-state index is 0.0506. The lowest BCUT2D eigenvalue weighted by molar-refractivity contribution is 0.401. The highest BCUT2D eigenvalue weighted by molar-refractivity contribution is 5.98. The number of guanidine groups is 1. The lowest BCUT2D eigenvalue weighted by Gasteiger charge is -2.01. The van der Waals surface area contributed by atoms with Gasteiger partial charge in [-0.15, -0.1) is 0 Å². The van der Waals surface area contributed by atoms with Gasteiger partial charge in [0, 0.05) is 13.1 Å². The second-order valence-corrected chi connectivity index (χ2v) is 3.75. The van der Waals surface area contributed by atoms with Crippen LogP contribution >= 0.6 is 0 Å². The number of aromatic nitrogens is 2. The van der Waals surface area contributed by atoms with Crippen LogP contribution < -0.4 is 5.32 Å². The Balaban J connectivity index is 1.95. The van der Waals surface area contributed by atoms with Gasteiger partial charge in [0.25, 0.3) is 0 Å². The lowest BCUT2D eigenvalue weighted by atomic mass is 10.5. The van der Waals surface area contributed by atoms with Crippen LogP contribution in [0.25, 0.3) is 0 Å². The van der Waals surface area contributed by atoms with Crippen molar-refractivity contribution in [2.24, 2.45) is 4.99 Å². The number of hydrogen-bond acceptors (Lipinski definition) is 3. The van der Waals surface area contributed by atoms with Gasteiger partial charge < -0.3 is 10.1 Å². The maximum atomic E-state index is 7.58. The van der Waals surface area contributed by atoms with Gasteiger partial charge in [0.15, 0.2) is 5.90 Å². The Morgan fingerprint density at radius 3 is 3.06 bits per heavy atom. The van der Waals surface area contributed by atoms with Gasteiger partial charge in [-0.25, -0.2) is 0 Å².